The van der Waals surface area contributed by atoms with Crippen LogP contribution in [0.25, 0.3) is 0 Å². The van der Waals surface area contributed by atoms with Gasteiger partial charge in [-0.1, -0.05) is 30.3 Å². The van der Waals surface area contributed by atoms with Gasteiger partial charge in [0.05, 0.1) is 31.4 Å². The molecule has 0 radical (unpaired) electrons. The molecule has 0 aliphatic carbocycles. The first-order valence-electron chi connectivity index (χ1n) is 10.7. The van der Waals surface area contributed by atoms with Crippen molar-refractivity contribution in [1.82, 2.24) is 4.72 Å². The summed E-state index contributed by atoms with van der Waals surface area (Å²) < 4.78 is 44.7. The third-order valence-electron chi connectivity index (χ3n) is 5.01. The summed E-state index contributed by atoms with van der Waals surface area (Å²) in [6.07, 6.45) is 0.148. The number of anilines is 1. The van der Waals surface area contributed by atoms with Crippen molar-refractivity contribution in [3.8, 4) is 17.2 Å². The molecule has 9 heteroatoms. The zero-order valence-corrected chi connectivity index (χ0v) is 20.1. The molecule has 0 aromatic heterocycles. The number of benzene rings is 3. The quantitative estimate of drug-likeness (QED) is 0.431. The molecule has 2 N–H and O–H groups in total. The summed E-state index contributed by atoms with van der Waals surface area (Å²) in [6, 6.07) is 19.1. The van der Waals surface area contributed by atoms with Crippen molar-refractivity contribution >= 4 is 21.6 Å². The first-order valence-corrected chi connectivity index (χ1v) is 12.2. The highest BCUT2D eigenvalue weighted by Crippen LogP contribution is 2.29. The molecule has 34 heavy (non-hydrogen) atoms. The predicted molar refractivity (Wildman–Crippen MR) is 130 cm³/mol. The highest BCUT2D eigenvalue weighted by molar-refractivity contribution is 7.89. The molecule has 0 spiro atoms. The zero-order valence-electron chi connectivity index (χ0n) is 19.3. The fourth-order valence-corrected chi connectivity index (χ4v) is 4.50. The van der Waals surface area contributed by atoms with E-state index in [-0.39, 0.29) is 11.3 Å². The van der Waals surface area contributed by atoms with Crippen molar-refractivity contribution in [3.05, 3.63) is 78.4 Å². The number of carbonyl (C=O) groups excluding carboxylic acids is 1. The zero-order chi connectivity index (χ0) is 24.6. The molecule has 3 rings (SSSR count). The Bertz CT molecular complexity index is 1200. The topological polar surface area (TPSA) is 103 Å². The highest BCUT2D eigenvalue weighted by atomic mass is 32.2. The molecule has 0 heterocycles. The number of carbonyl (C=O) groups is 1. The van der Waals surface area contributed by atoms with Crippen LogP contribution in [-0.4, -0.2) is 41.2 Å². The maximum atomic E-state index is 13.3. The standard InChI is InChI=1S/C25H28N2O6S/c1-4-33-19-10-13-21(14-11-19)34(29,30)27-23(16-18-8-6-5-7-9-18)25(28)26-22-17-20(31-2)12-15-24(22)32-3/h5-15,17,23,27H,4,16H2,1-3H3,(H,26,28). The van der Waals surface area contributed by atoms with Crippen LogP contribution in [0.1, 0.15) is 12.5 Å². The Morgan fingerprint density at radius 1 is 0.912 bits per heavy atom. The van der Waals surface area contributed by atoms with Gasteiger partial charge in [0.2, 0.25) is 15.9 Å². The molecule has 0 saturated carbocycles. The molecule has 1 atom stereocenters. The van der Waals surface area contributed by atoms with Crippen LogP contribution in [0.4, 0.5) is 5.69 Å². The molecule has 0 saturated heterocycles. The molecule has 3 aromatic rings. The molecule has 0 aliphatic heterocycles. The van der Waals surface area contributed by atoms with Gasteiger partial charge in [0.15, 0.2) is 0 Å². The number of amides is 1. The summed E-state index contributed by atoms with van der Waals surface area (Å²) in [7, 11) is -1.01. The van der Waals surface area contributed by atoms with E-state index in [0.29, 0.717) is 29.5 Å². The van der Waals surface area contributed by atoms with Gasteiger partial charge in [-0.25, -0.2) is 8.42 Å². The number of methoxy groups -OCH3 is 2. The number of hydrogen-bond acceptors (Lipinski definition) is 6. The summed E-state index contributed by atoms with van der Waals surface area (Å²) in [5.41, 5.74) is 1.17. The van der Waals surface area contributed by atoms with Crippen LogP contribution in [0.5, 0.6) is 17.2 Å². The smallest absolute Gasteiger partial charge is 0.243 e. The van der Waals surface area contributed by atoms with E-state index < -0.39 is 22.0 Å². The largest absolute Gasteiger partial charge is 0.497 e. The first kappa shape index (κ1) is 25.1. The minimum Gasteiger partial charge on any atom is -0.497 e. The maximum Gasteiger partial charge on any atom is 0.243 e. The fourth-order valence-electron chi connectivity index (χ4n) is 3.31. The van der Waals surface area contributed by atoms with Gasteiger partial charge in [0, 0.05) is 6.07 Å². The van der Waals surface area contributed by atoms with Crippen LogP contribution in [-0.2, 0) is 21.2 Å². The van der Waals surface area contributed by atoms with E-state index in [1.54, 1.807) is 30.3 Å². The number of ether oxygens (including phenoxy) is 3. The first-order chi connectivity index (χ1) is 16.4. The average molecular weight is 485 g/mol. The van der Waals surface area contributed by atoms with Crippen molar-refractivity contribution in [1.29, 1.82) is 0 Å². The van der Waals surface area contributed by atoms with Crippen molar-refractivity contribution in [3.63, 3.8) is 0 Å². The molecule has 0 bridgehead atoms. The maximum absolute atomic E-state index is 13.3. The van der Waals surface area contributed by atoms with Gasteiger partial charge in [-0.15, -0.1) is 0 Å². The Kier molecular flexibility index (Phi) is 8.50. The van der Waals surface area contributed by atoms with E-state index in [9.17, 15) is 13.2 Å². The predicted octanol–water partition coefficient (Wildman–Crippen LogP) is 3.63. The molecule has 0 aliphatic rings. The second-order valence-electron chi connectivity index (χ2n) is 7.32. The summed E-state index contributed by atoms with van der Waals surface area (Å²) in [5.74, 6) is 0.961. The minimum atomic E-state index is -4.00. The third kappa shape index (κ3) is 6.49. The van der Waals surface area contributed by atoms with Gasteiger partial charge in [0.25, 0.3) is 0 Å². The Morgan fingerprint density at radius 2 is 1.59 bits per heavy atom. The van der Waals surface area contributed by atoms with Gasteiger partial charge in [-0.3, -0.25) is 4.79 Å². The van der Waals surface area contributed by atoms with Crippen LogP contribution in [0.2, 0.25) is 0 Å². The van der Waals surface area contributed by atoms with Gasteiger partial charge < -0.3 is 19.5 Å². The minimum absolute atomic E-state index is 0.0285. The van der Waals surface area contributed by atoms with Crippen molar-refractivity contribution in [2.75, 3.05) is 26.1 Å². The SMILES string of the molecule is CCOc1ccc(S(=O)(=O)NC(Cc2ccccc2)C(=O)Nc2cc(OC)ccc2OC)cc1. The molecular weight excluding hydrogens is 456 g/mol. The number of sulfonamides is 1. The molecule has 3 aromatic carbocycles. The van der Waals surface area contributed by atoms with Gasteiger partial charge in [-0.2, -0.15) is 4.72 Å². The summed E-state index contributed by atoms with van der Waals surface area (Å²) in [4.78, 5) is 13.3. The normalized spacial score (nSPS) is 12.0. The third-order valence-corrected chi connectivity index (χ3v) is 6.49. The molecule has 1 unspecified atom stereocenters. The lowest BCUT2D eigenvalue weighted by atomic mass is 10.1. The monoisotopic (exact) mass is 484 g/mol. The van der Waals surface area contributed by atoms with Crippen LogP contribution >= 0.6 is 0 Å². The Morgan fingerprint density at radius 3 is 2.21 bits per heavy atom. The van der Waals surface area contributed by atoms with E-state index in [1.807, 2.05) is 37.3 Å². The second kappa shape index (κ2) is 11.5. The van der Waals surface area contributed by atoms with Gasteiger partial charge in [0.1, 0.15) is 23.3 Å². The highest BCUT2D eigenvalue weighted by Gasteiger charge is 2.27. The average Bonchev–Trinajstić information content (AvgIpc) is 2.84. The Labute approximate surface area is 199 Å². The van der Waals surface area contributed by atoms with E-state index in [4.69, 9.17) is 14.2 Å². The van der Waals surface area contributed by atoms with E-state index in [2.05, 4.69) is 10.0 Å². The lowest BCUT2D eigenvalue weighted by Gasteiger charge is -2.20. The number of nitrogens with one attached hydrogen (secondary N) is 2. The Hall–Kier alpha value is -3.56. The summed E-state index contributed by atoms with van der Waals surface area (Å²) in [5, 5.41) is 2.77. The van der Waals surface area contributed by atoms with Crippen LogP contribution in [0.3, 0.4) is 0 Å². The second-order valence-corrected chi connectivity index (χ2v) is 9.04. The van der Waals surface area contributed by atoms with Crippen molar-refractivity contribution in [2.45, 2.75) is 24.3 Å². The number of rotatable bonds is 11. The summed E-state index contributed by atoms with van der Waals surface area (Å²) >= 11 is 0. The van der Waals surface area contributed by atoms with Crippen molar-refractivity contribution in [2.24, 2.45) is 0 Å². The van der Waals surface area contributed by atoms with E-state index in [0.717, 1.165) is 5.56 Å². The Balaban J connectivity index is 1.88. The van der Waals surface area contributed by atoms with E-state index in [1.165, 1.54) is 26.4 Å². The fraction of sp³-hybridized carbons (Fsp3) is 0.240. The summed E-state index contributed by atoms with van der Waals surface area (Å²) in [6.45, 7) is 2.31. The number of hydrogen-bond donors (Lipinski definition) is 2. The lowest BCUT2D eigenvalue weighted by Crippen LogP contribution is -2.45. The van der Waals surface area contributed by atoms with Crippen LogP contribution in [0, 0.1) is 0 Å². The molecule has 180 valence electrons. The van der Waals surface area contributed by atoms with E-state index >= 15 is 0 Å². The van der Waals surface area contributed by atoms with Crippen LogP contribution in [0.15, 0.2) is 77.7 Å². The van der Waals surface area contributed by atoms with Gasteiger partial charge >= 0.3 is 0 Å². The molecule has 0 fully saturated rings. The molecule has 8 nitrogen and oxygen atoms in total. The lowest BCUT2D eigenvalue weighted by molar-refractivity contribution is -0.117. The molecule has 1 amide bonds. The van der Waals surface area contributed by atoms with Crippen molar-refractivity contribution < 1.29 is 27.4 Å². The van der Waals surface area contributed by atoms with Gasteiger partial charge in [-0.05, 0) is 55.3 Å². The van der Waals surface area contributed by atoms with Crippen LogP contribution < -0.4 is 24.2 Å². The molecular formula is C25H28N2O6S.